The smallest absolute Gasteiger partial charge is 0.287 e. The number of halogens is 1. The van der Waals surface area contributed by atoms with E-state index in [0.29, 0.717) is 47.7 Å². The van der Waals surface area contributed by atoms with Crippen LogP contribution in [0.4, 0.5) is 5.69 Å². The molecule has 6 rings (SSSR count). The van der Waals surface area contributed by atoms with Gasteiger partial charge in [0.05, 0.1) is 10.9 Å². The third kappa shape index (κ3) is 6.57. The molecule has 4 aromatic rings. The van der Waals surface area contributed by atoms with Crippen LogP contribution in [0.1, 0.15) is 39.3 Å². The molecule has 9 nitrogen and oxygen atoms in total. The first-order chi connectivity index (χ1) is 20.9. The molecular formula is C33H31ClN4O5. The molecule has 0 spiro atoms. The molecule has 1 saturated heterocycles. The van der Waals surface area contributed by atoms with Crippen molar-refractivity contribution in [3.8, 4) is 0 Å². The van der Waals surface area contributed by atoms with Crippen molar-refractivity contribution in [2.45, 2.75) is 31.3 Å². The number of rotatable bonds is 8. The number of para-hydroxylation sites is 2. The molecule has 1 saturated carbocycles. The van der Waals surface area contributed by atoms with E-state index >= 15 is 0 Å². The zero-order valence-electron chi connectivity index (χ0n) is 23.4. The molecule has 3 aromatic carbocycles. The van der Waals surface area contributed by atoms with Gasteiger partial charge in [0.2, 0.25) is 5.91 Å². The molecule has 10 heteroatoms. The van der Waals surface area contributed by atoms with Gasteiger partial charge in [-0.05, 0) is 54.8 Å². The molecular weight excluding hydrogens is 568 g/mol. The summed E-state index contributed by atoms with van der Waals surface area (Å²) in [4.78, 5) is 56.5. The molecule has 3 amide bonds. The van der Waals surface area contributed by atoms with Gasteiger partial charge in [-0.1, -0.05) is 48.0 Å². The predicted octanol–water partition coefficient (Wildman–Crippen LogP) is 4.03. The summed E-state index contributed by atoms with van der Waals surface area (Å²) in [5.74, 6) is -1.14. The number of carbonyl (C=O) groups excluding carboxylic acids is 3. The Bertz CT molecular complexity index is 1730. The number of nitrogens with zero attached hydrogens (tertiary/aromatic N) is 2. The van der Waals surface area contributed by atoms with Gasteiger partial charge in [0, 0.05) is 55.4 Å². The van der Waals surface area contributed by atoms with Crippen LogP contribution in [0.25, 0.3) is 11.0 Å². The summed E-state index contributed by atoms with van der Waals surface area (Å²) < 4.78 is 5.72. The van der Waals surface area contributed by atoms with Crippen LogP contribution in [0.3, 0.4) is 0 Å². The molecule has 2 fully saturated rings. The molecule has 1 aliphatic heterocycles. The standard InChI is InChI=1S/C33H31ClN4O5/c34-22-11-9-21(10-12-22)19-26(36-32(41)30-20-28(39)25-6-2-4-8-29(25)43-30)33(42)38-17-15-37(16-18-38)27-7-3-1-5-24(27)31(40)35-23-13-14-23/h1-12,20,23,26H,13-19H2,(H,35,40)(H,36,41)/t26-/m1/s1. The average molecular weight is 599 g/mol. The van der Waals surface area contributed by atoms with E-state index in [4.69, 9.17) is 16.0 Å². The fraction of sp³-hybridized carbons (Fsp3) is 0.273. The van der Waals surface area contributed by atoms with Gasteiger partial charge in [-0.2, -0.15) is 0 Å². The zero-order valence-corrected chi connectivity index (χ0v) is 24.2. The van der Waals surface area contributed by atoms with Crippen LogP contribution in [0.2, 0.25) is 5.02 Å². The molecule has 0 bridgehead atoms. The lowest BCUT2D eigenvalue weighted by molar-refractivity contribution is -0.133. The van der Waals surface area contributed by atoms with Crippen LogP contribution in [0, 0.1) is 0 Å². The second-order valence-corrected chi connectivity index (χ2v) is 11.3. The third-order valence-corrected chi connectivity index (χ3v) is 8.06. The highest BCUT2D eigenvalue weighted by molar-refractivity contribution is 6.30. The Morgan fingerprint density at radius 2 is 1.58 bits per heavy atom. The normalized spacial score (nSPS) is 15.7. The number of hydrogen-bond donors (Lipinski definition) is 2. The molecule has 2 heterocycles. The molecule has 0 unspecified atom stereocenters. The number of carbonyl (C=O) groups is 3. The Morgan fingerprint density at radius 1 is 0.884 bits per heavy atom. The monoisotopic (exact) mass is 598 g/mol. The van der Waals surface area contributed by atoms with Gasteiger partial charge in [0.15, 0.2) is 11.2 Å². The highest BCUT2D eigenvalue weighted by atomic mass is 35.5. The first kappa shape index (κ1) is 28.5. The molecule has 1 aromatic heterocycles. The van der Waals surface area contributed by atoms with Crippen molar-refractivity contribution in [1.29, 1.82) is 0 Å². The maximum Gasteiger partial charge on any atom is 0.287 e. The van der Waals surface area contributed by atoms with Crippen LogP contribution >= 0.6 is 11.6 Å². The highest BCUT2D eigenvalue weighted by Crippen LogP contribution is 2.25. The lowest BCUT2D eigenvalue weighted by Crippen LogP contribution is -2.55. The van der Waals surface area contributed by atoms with Crippen LogP contribution in [-0.2, 0) is 11.2 Å². The SMILES string of the molecule is O=C(N[C@H](Cc1ccc(Cl)cc1)C(=O)N1CCN(c2ccccc2C(=O)NC2CC2)CC1)c1cc(=O)c2ccccc2o1. The fourth-order valence-corrected chi connectivity index (χ4v) is 5.45. The van der Waals surface area contributed by atoms with Crippen molar-refractivity contribution in [3.63, 3.8) is 0 Å². The minimum absolute atomic E-state index is 0.0808. The van der Waals surface area contributed by atoms with E-state index in [2.05, 4.69) is 15.5 Å². The molecule has 2 N–H and O–H groups in total. The van der Waals surface area contributed by atoms with Crippen molar-refractivity contribution in [2.75, 3.05) is 31.1 Å². The van der Waals surface area contributed by atoms with E-state index in [9.17, 15) is 19.2 Å². The number of anilines is 1. The molecule has 0 radical (unpaired) electrons. The average Bonchev–Trinajstić information content (AvgIpc) is 3.85. The van der Waals surface area contributed by atoms with Crippen molar-refractivity contribution in [1.82, 2.24) is 15.5 Å². The first-order valence-corrected chi connectivity index (χ1v) is 14.8. The molecule has 1 atom stereocenters. The van der Waals surface area contributed by atoms with Crippen molar-refractivity contribution < 1.29 is 18.8 Å². The zero-order chi connectivity index (χ0) is 29.9. The molecule has 220 valence electrons. The summed E-state index contributed by atoms with van der Waals surface area (Å²) in [5, 5.41) is 6.81. The maximum atomic E-state index is 13.9. The van der Waals surface area contributed by atoms with E-state index in [-0.39, 0.29) is 35.5 Å². The van der Waals surface area contributed by atoms with Crippen LogP contribution in [0.5, 0.6) is 0 Å². The number of nitrogens with one attached hydrogen (secondary N) is 2. The van der Waals surface area contributed by atoms with Gasteiger partial charge < -0.3 is 24.9 Å². The minimum atomic E-state index is -0.909. The number of fused-ring (bicyclic) bond motifs is 1. The Morgan fingerprint density at radius 3 is 2.33 bits per heavy atom. The van der Waals surface area contributed by atoms with Crippen LogP contribution in [-0.4, -0.2) is 60.9 Å². The lowest BCUT2D eigenvalue weighted by Gasteiger charge is -2.38. The highest BCUT2D eigenvalue weighted by Gasteiger charge is 2.31. The predicted molar refractivity (Wildman–Crippen MR) is 165 cm³/mol. The van der Waals surface area contributed by atoms with E-state index in [1.54, 1.807) is 41.3 Å². The number of benzene rings is 3. The third-order valence-electron chi connectivity index (χ3n) is 7.81. The van der Waals surface area contributed by atoms with E-state index in [0.717, 1.165) is 30.2 Å². The summed E-state index contributed by atoms with van der Waals surface area (Å²) in [6.45, 7) is 1.88. The van der Waals surface area contributed by atoms with Gasteiger partial charge in [-0.15, -0.1) is 0 Å². The largest absolute Gasteiger partial charge is 0.451 e. The summed E-state index contributed by atoms with van der Waals surface area (Å²) in [6, 6.07) is 21.8. The van der Waals surface area contributed by atoms with Gasteiger partial charge >= 0.3 is 0 Å². The van der Waals surface area contributed by atoms with E-state index < -0.39 is 11.9 Å². The van der Waals surface area contributed by atoms with Crippen molar-refractivity contribution in [2.24, 2.45) is 0 Å². The Balaban J connectivity index is 1.18. The minimum Gasteiger partial charge on any atom is -0.451 e. The lowest BCUT2D eigenvalue weighted by atomic mass is 10.0. The molecule has 1 aliphatic carbocycles. The Kier molecular flexibility index (Phi) is 8.16. The first-order valence-electron chi connectivity index (χ1n) is 14.4. The second-order valence-electron chi connectivity index (χ2n) is 10.9. The van der Waals surface area contributed by atoms with Gasteiger partial charge in [-0.25, -0.2) is 0 Å². The van der Waals surface area contributed by atoms with E-state index in [1.165, 1.54) is 0 Å². The summed E-state index contributed by atoms with van der Waals surface area (Å²) in [6.07, 6.45) is 2.24. The Hall–Kier alpha value is -4.63. The number of hydrogen-bond acceptors (Lipinski definition) is 6. The van der Waals surface area contributed by atoms with Crippen molar-refractivity contribution in [3.05, 3.63) is 111 Å². The van der Waals surface area contributed by atoms with Gasteiger partial charge in [0.25, 0.3) is 11.8 Å². The van der Waals surface area contributed by atoms with E-state index in [1.807, 2.05) is 36.4 Å². The maximum absolute atomic E-state index is 13.9. The quantitative estimate of drug-likeness (QED) is 0.317. The molecule has 43 heavy (non-hydrogen) atoms. The summed E-state index contributed by atoms with van der Waals surface area (Å²) in [5.41, 5.74) is 2.24. The van der Waals surface area contributed by atoms with Crippen molar-refractivity contribution >= 4 is 46.0 Å². The summed E-state index contributed by atoms with van der Waals surface area (Å²) in [7, 11) is 0. The number of piperazine rings is 1. The molecule has 2 aliphatic rings. The topological polar surface area (TPSA) is 112 Å². The van der Waals surface area contributed by atoms with Gasteiger partial charge in [-0.3, -0.25) is 19.2 Å². The van der Waals surface area contributed by atoms with Crippen LogP contribution in [0.15, 0.2) is 88.1 Å². The second kappa shape index (κ2) is 12.3. The van der Waals surface area contributed by atoms with Gasteiger partial charge in [0.1, 0.15) is 11.6 Å². The fourth-order valence-electron chi connectivity index (χ4n) is 5.32. The Labute approximate surface area is 253 Å². The number of amides is 3. The summed E-state index contributed by atoms with van der Waals surface area (Å²) >= 11 is 6.07. The van der Waals surface area contributed by atoms with Crippen LogP contribution < -0.4 is 21.0 Å².